The minimum Gasteiger partial charge on any atom is -0.368 e. The number of halogens is 3. The van der Waals surface area contributed by atoms with E-state index in [4.69, 9.17) is 5.73 Å². The highest BCUT2D eigenvalue weighted by atomic mass is 19.4. The fraction of sp³-hybridized carbons (Fsp3) is 0.583. The SMILES string of the molecule is CCCC1NC(=O)CC(C(N)=O)NC(=O)CNC(=O)C2(CCC2)NC(=O)C2CCCN2C(=O)CNC(=O)CNC(=O)C(Cc2ccc(C(F)(F)F)cc2)N2CCC=CCC(NC(=O)C3CCN3C(=O)CNC1=O)C2=O. The van der Waals surface area contributed by atoms with Crippen LogP contribution in [0.3, 0.4) is 0 Å². The Morgan fingerprint density at radius 2 is 1.33 bits per heavy atom. The quantitative estimate of drug-likeness (QED) is 0.134. The number of carbonyl (C=O) groups is 12. The summed E-state index contributed by atoms with van der Waals surface area (Å²) in [4.78, 5) is 165. The number of carbonyl (C=O) groups excluding carboxylic acids is 12. The first-order chi connectivity index (χ1) is 35.6. The van der Waals surface area contributed by atoms with Crippen molar-refractivity contribution in [3.63, 3.8) is 0 Å². The van der Waals surface area contributed by atoms with Crippen LogP contribution in [0.15, 0.2) is 36.4 Å². The molecule has 1 saturated carbocycles. The van der Waals surface area contributed by atoms with E-state index in [1.54, 1.807) is 19.1 Å². The summed E-state index contributed by atoms with van der Waals surface area (Å²) in [6.45, 7) is -0.802. The van der Waals surface area contributed by atoms with E-state index in [0.717, 1.165) is 29.2 Å². The molecule has 6 rings (SSSR count). The number of nitrogens with two attached hydrogens (primary N) is 1. The lowest BCUT2D eigenvalue weighted by atomic mass is 9.75. The molecule has 12 amide bonds. The van der Waals surface area contributed by atoms with Crippen LogP contribution in [0.1, 0.15) is 88.7 Å². The topological polar surface area (TPSA) is 337 Å². The van der Waals surface area contributed by atoms with Gasteiger partial charge in [-0.15, -0.1) is 0 Å². The van der Waals surface area contributed by atoms with Gasteiger partial charge >= 0.3 is 6.18 Å². The molecule has 1 spiro atoms. The van der Waals surface area contributed by atoms with E-state index in [1.807, 2.05) is 0 Å². The lowest BCUT2D eigenvalue weighted by Crippen LogP contribution is -2.66. The van der Waals surface area contributed by atoms with Gasteiger partial charge in [-0.1, -0.05) is 37.6 Å². The standard InChI is InChI=1S/C48H63F3N12O12/c1-2-8-29-41(70)55-26-39(68)62-20-15-33(62)43(72)59-30-9-4-3-5-18-63(45(30)74)34(21-27-11-13-28(14-12-27)48(49,50)51)42(71)54-23-36(65)53-25-38(67)61-19-6-10-32(61)44(73)60-47(16-7-17-47)46(75)56-24-37(66)58-31(40(52)69)22-35(64)57-29/h3-4,11-14,29-34H,2,5-10,15-26H2,1H3,(H2,52,69)(H,53,65)(H,54,71)(H,55,70)(H,56,75)(H,57,64)(H,58,66)(H,59,72)(H,60,73). The number of primary amides is 1. The Labute approximate surface area is 428 Å². The molecule has 10 N–H and O–H groups in total. The molecule has 4 fully saturated rings. The maximum absolute atomic E-state index is 14.4. The zero-order valence-corrected chi connectivity index (χ0v) is 41.3. The molecule has 1 aliphatic carbocycles. The van der Waals surface area contributed by atoms with Crippen LogP contribution in [0.25, 0.3) is 0 Å². The Morgan fingerprint density at radius 1 is 0.680 bits per heavy atom. The van der Waals surface area contributed by atoms with Crippen LogP contribution >= 0.6 is 0 Å². The van der Waals surface area contributed by atoms with Crippen molar-refractivity contribution in [2.75, 3.05) is 45.8 Å². The first-order valence-electron chi connectivity index (χ1n) is 24.9. The van der Waals surface area contributed by atoms with Gasteiger partial charge in [-0.25, -0.2) is 0 Å². The van der Waals surface area contributed by atoms with Crippen molar-refractivity contribution in [2.45, 2.75) is 132 Å². The van der Waals surface area contributed by atoms with Gasteiger partial charge < -0.3 is 63.0 Å². The molecule has 27 heteroatoms. The van der Waals surface area contributed by atoms with Gasteiger partial charge in [-0.05, 0) is 75.5 Å². The third-order valence-electron chi connectivity index (χ3n) is 13.9. The summed E-state index contributed by atoms with van der Waals surface area (Å²) in [7, 11) is 0. The summed E-state index contributed by atoms with van der Waals surface area (Å²) >= 11 is 0. The predicted molar refractivity (Wildman–Crippen MR) is 255 cm³/mol. The van der Waals surface area contributed by atoms with Gasteiger partial charge in [0.15, 0.2) is 0 Å². The molecule has 0 radical (unpaired) electrons. The van der Waals surface area contributed by atoms with Gasteiger partial charge in [0.1, 0.15) is 41.8 Å². The van der Waals surface area contributed by atoms with Crippen LogP contribution in [0, 0.1) is 0 Å². The molecule has 408 valence electrons. The molecule has 6 unspecified atom stereocenters. The first-order valence-corrected chi connectivity index (χ1v) is 24.9. The van der Waals surface area contributed by atoms with Crippen molar-refractivity contribution in [3.8, 4) is 0 Å². The lowest BCUT2D eigenvalue weighted by Gasteiger charge is -2.41. The number of rotatable bonds is 5. The molecule has 4 aliphatic heterocycles. The van der Waals surface area contributed by atoms with Crippen LogP contribution in [-0.4, -0.2) is 173 Å². The van der Waals surface area contributed by atoms with Crippen molar-refractivity contribution in [1.82, 2.24) is 57.2 Å². The molecule has 6 atom stereocenters. The van der Waals surface area contributed by atoms with Crippen molar-refractivity contribution in [3.05, 3.63) is 47.5 Å². The number of nitrogens with one attached hydrogen (secondary N) is 8. The average molecular weight is 1060 g/mol. The molecule has 1 aromatic rings. The maximum Gasteiger partial charge on any atom is 0.416 e. The van der Waals surface area contributed by atoms with E-state index >= 15 is 0 Å². The Kier molecular flexibility index (Phi) is 19.0. The highest BCUT2D eigenvalue weighted by Gasteiger charge is 2.48. The first kappa shape index (κ1) is 56.7. The van der Waals surface area contributed by atoms with Gasteiger partial charge in [0, 0.05) is 26.1 Å². The number of amides is 12. The number of hydrogen-bond acceptors (Lipinski definition) is 12. The monoisotopic (exact) mass is 1060 g/mol. The van der Waals surface area contributed by atoms with E-state index in [1.165, 1.54) is 9.80 Å². The highest BCUT2D eigenvalue weighted by Crippen LogP contribution is 2.33. The second kappa shape index (κ2) is 25.1. The second-order valence-corrected chi connectivity index (χ2v) is 19.1. The van der Waals surface area contributed by atoms with Crippen LogP contribution in [0.5, 0.6) is 0 Å². The van der Waals surface area contributed by atoms with E-state index in [2.05, 4.69) is 42.5 Å². The molecular weight excluding hydrogens is 994 g/mol. The Morgan fingerprint density at radius 3 is 1.96 bits per heavy atom. The molecular formula is C48H63F3N12O12. The van der Waals surface area contributed by atoms with Crippen molar-refractivity contribution in [2.24, 2.45) is 5.73 Å². The van der Waals surface area contributed by atoms with Crippen molar-refractivity contribution in [1.29, 1.82) is 0 Å². The van der Waals surface area contributed by atoms with Gasteiger partial charge in [0.2, 0.25) is 70.9 Å². The summed E-state index contributed by atoms with van der Waals surface area (Å²) in [5.74, 6) is -9.68. The molecule has 4 heterocycles. The Balaban J connectivity index is 1.23. The minimum absolute atomic E-state index is 0.0598. The van der Waals surface area contributed by atoms with E-state index in [0.29, 0.717) is 19.3 Å². The Bertz CT molecular complexity index is 2430. The number of fused-ring (bicyclic) bond motifs is 4. The van der Waals surface area contributed by atoms with Gasteiger partial charge in [-0.3, -0.25) is 57.5 Å². The van der Waals surface area contributed by atoms with E-state index in [-0.39, 0.29) is 76.6 Å². The smallest absolute Gasteiger partial charge is 0.368 e. The second-order valence-electron chi connectivity index (χ2n) is 19.1. The number of nitrogens with zero attached hydrogens (tertiary/aromatic N) is 3. The van der Waals surface area contributed by atoms with Crippen LogP contribution in [-0.2, 0) is 70.1 Å². The van der Waals surface area contributed by atoms with Crippen LogP contribution in [0.4, 0.5) is 13.2 Å². The van der Waals surface area contributed by atoms with Crippen LogP contribution in [0.2, 0.25) is 0 Å². The summed E-state index contributed by atoms with van der Waals surface area (Å²) in [5.41, 5.74) is 3.30. The minimum atomic E-state index is -4.67. The third kappa shape index (κ3) is 14.6. The molecule has 24 nitrogen and oxygen atoms in total. The largest absolute Gasteiger partial charge is 0.416 e. The summed E-state index contributed by atoms with van der Waals surface area (Å²) in [6.07, 6.45) is -0.0721. The van der Waals surface area contributed by atoms with Gasteiger partial charge in [0.25, 0.3) is 0 Å². The maximum atomic E-state index is 14.4. The molecule has 3 saturated heterocycles. The average Bonchev–Trinajstić information content (AvgIpc) is 3.83. The van der Waals surface area contributed by atoms with E-state index < -0.39 is 157 Å². The molecule has 0 aromatic heterocycles. The van der Waals surface area contributed by atoms with Crippen LogP contribution < -0.4 is 48.3 Å². The zero-order chi connectivity index (χ0) is 54.6. The van der Waals surface area contributed by atoms with Gasteiger partial charge in [-0.2, -0.15) is 13.2 Å². The molecule has 2 bridgehead atoms. The van der Waals surface area contributed by atoms with Crippen molar-refractivity contribution >= 4 is 70.9 Å². The molecule has 75 heavy (non-hydrogen) atoms. The third-order valence-corrected chi connectivity index (χ3v) is 13.9. The molecule has 5 aliphatic rings. The fourth-order valence-corrected chi connectivity index (χ4v) is 9.43. The van der Waals surface area contributed by atoms with Crippen molar-refractivity contribution < 1.29 is 70.7 Å². The summed E-state index contributed by atoms with van der Waals surface area (Å²) < 4.78 is 40.5. The molecule has 1 aromatic carbocycles. The fourth-order valence-electron chi connectivity index (χ4n) is 9.43. The number of alkyl halides is 3. The normalized spacial score (nSPS) is 26.7. The summed E-state index contributed by atoms with van der Waals surface area (Å²) in [5, 5.41) is 19.9. The zero-order valence-electron chi connectivity index (χ0n) is 41.3. The lowest BCUT2D eigenvalue weighted by molar-refractivity contribution is -0.149. The summed E-state index contributed by atoms with van der Waals surface area (Å²) in [6, 6.07) is -3.77. The predicted octanol–water partition coefficient (Wildman–Crippen LogP) is -2.97. The highest BCUT2D eigenvalue weighted by molar-refractivity contribution is 6.00. The van der Waals surface area contributed by atoms with E-state index in [9.17, 15) is 70.7 Å². The number of benzene rings is 1. The Hall–Kier alpha value is -7.61. The van der Waals surface area contributed by atoms with Gasteiger partial charge in [0.05, 0.1) is 38.2 Å². The number of hydrogen-bond donors (Lipinski definition) is 9.